The van der Waals surface area contributed by atoms with E-state index < -0.39 is 5.97 Å². The maximum Gasteiger partial charge on any atom is 0.308 e. The molecule has 1 aliphatic heterocycles. The predicted octanol–water partition coefficient (Wildman–Crippen LogP) is 3.47. The van der Waals surface area contributed by atoms with Gasteiger partial charge in [-0.05, 0) is 36.8 Å². The van der Waals surface area contributed by atoms with E-state index in [2.05, 4.69) is 4.90 Å². The third-order valence-corrected chi connectivity index (χ3v) is 5.32. The number of aliphatic carboxylic acids is 1. The van der Waals surface area contributed by atoms with Gasteiger partial charge in [-0.25, -0.2) is 0 Å². The van der Waals surface area contributed by atoms with Crippen LogP contribution in [0.1, 0.15) is 13.3 Å². The number of carboxylic acid groups (broad SMARTS) is 1. The Bertz CT molecular complexity index is 469. The highest BCUT2D eigenvalue weighted by molar-refractivity contribution is 7.99. The van der Waals surface area contributed by atoms with Crippen molar-refractivity contribution in [2.75, 3.05) is 25.4 Å². The molecule has 1 fully saturated rings. The lowest BCUT2D eigenvalue weighted by molar-refractivity contribution is -0.142. The molecule has 2 rings (SSSR count). The highest BCUT2D eigenvalue weighted by Crippen LogP contribution is 2.28. The number of rotatable bonds is 6. The maximum atomic E-state index is 11.1. The first-order chi connectivity index (χ1) is 9.58. The first-order valence-electron chi connectivity index (χ1n) is 6.90. The lowest BCUT2D eigenvalue weighted by atomic mass is 9.99. The van der Waals surface area contributed by atoms with E-state index in [9.17, 15) is 4.79 Å². The van der Waals surface area contributed by atoms with Crippen LogP contribution in [0.3, 0.4) is 0 Å². The summed E-state index contributed by atoms with van der Waals surface area (Å²) in [6.45, 7) is 4.57. The minimum Gasteiger partial charge on any atom is -0.481 e. The number of likely N-dealkylation sites (tertiary alicyclic amines) is 1. The molecule has 2 atom stereocenters. The average molecular weight is 314 g/mol. The molecule has 0 saturated carbocycles. The van der Waals surface area contributed by atoms with E-state index in [1.165, 1.54) is 0 Å². The third kappa shape index (κ3) is 4.14. The Morgan fingerprint density at radius 1 is 1.45 bits per heavy atom. The molecule has 5 heteroatoms. The van der Waals surface area contributed by atoms with Crippen molar-refractivity contribution in [3.05, 3.63) is 29.3 Å². The second-order valence-corrected chi connectivity index (χ2v) is 6.86. The molecule has 1 N–H and O–H groups in total. The highest BCUT2D eigenvalue weighted by atomic mass is 35.5. The van der Waals surface area contributed by atoms with E-state index in [1.54, 1.807) is 11.8 Å². The van der Waals surface area contributed by atoms with Crippen LogP contribution in [0.5, 0.6) is 0 Å². The minimum absolute atomic E-state index is 0.203. The summed E-state index contributed by atoms with van der Waals surface area (Å²) in [4.78, 5) is 14.4. The third-order valence-electron chi connectivity index (χ3n) is 3.72. The quantitative estimate of drug-likeness (QED) is 0.645. The van der Waals surface area contributed by atoms with Gasteiger partial charge < -0.3 is 10.0 Å². The van der Waals surface area contributed by atoms with Crippen LogP contribution in [0.2, 0.25) is 5.02 Å². The summed E-state index contributed by atoms with van der Waals surface area (Å²) in [6.07, 6.45) is 1.05. The Morgan fingerprint density at radius 2 is 2.20 bits per heavy atom. The van der Waals surface area contributed by atoms with Crippen LogP contribution in [-0.2, 0) is 4.79 Å². The van der Waals surface area contributed by atoms with Crippen molar-refractivity contribution in [2.24, 2.45) is 11.8 Å². The van der Waals surface area contributed by atoms with E-state index in [1.807, 2.05) is 31.2 Å². The average Bonchev–Trinajstić information content (AvgIpc) is 2.78. The molecule has 1 aromatic rings. The summed E-state index contributed by atoms with van der Waals surface area (Å²) in [6, 6.07) is 7.87. The van der Waals surface area contributed by atoms with Gasteiger partial charge in [0, 0.05) is 18.0 Å². The number of thioether (sulfide) groups is 1. The van der Waals surface area contributed by atoms with E-state index in [4.69, 9.17) is 16.7 Å². The van der Waals surface area contributed by atoms with Crippen molar-refractivity contribution < 1.29 is 9.90 Å². The molecular weight excluding hydrogens is 294 g/mol. The normalized spacial score (nSPS) is 23.1. The Morgan fingerprint density at radius 3 is 2.85 bits per heavy atom. The molecule has 1 aromatic carbocycles. The van der Waals surface area contributed by atoms with Gasteiger partial charge in [0.1, 0.15) is 0 Å². The first kappa shape index (κ1) is 15.7. The molecule has 110 valence electrons. The fourth-order valence-corrected chi connectivity index (χ4v) is 3.78. The van der Waals surface area contributed by atoms with Crippen molar-refractivity contribution in [3.8, 4) is 0 Å². The molecule has 20 heavy (non-hydrogen) atoms. The maximum absolute atomic E-state index is 11.1. The lowest BCUT2D eigenvalue weighted by Crippen LogP contribution is -2.24. The molecule has 0 aliphatic carbocycles. The molecule has 0 amide bonds. The zero-order valence-corrected chi connectivity index (χ0v) is 13.2. The van der Waals surface area contributed by atoms with Crippen molar-refractivity contribution in [1.29, 1.82) is 0 Å². The number of carboxylic acids is 1. The van der Waals surface area contributed by atoms with Crippen LogP contribution < -0.4 is 0 Å². The van der Waals surface area contributed by atoms with Crippen LogP contribution in [0.4, 0.5) is 0 Å². The van der Waals surface area contributed by atoms with E-state index >= 15 is 0 Å². The fourth-order valence-electron chi connectivity index (χ4n) is 2.60. The number of hydrogen-bond donors (Lipinski definition) is 1. The second-order valence-electron chi connectivity index (χ2n) is 5.31. The van der Waals surface area contributed by atoms with Gasteiger partial charge in [0.05, 0.1) is 10.9 Å². The van der Waals surface area contributed by atoms with Crippen molar-refractivity contribution in [2.45, 2.75) is 18.2 Å². The molecule has 0 unspecified atom stereocenters. The van der Waals surface area contributed by atoms with Crippen molar-refractivity contribution in [1.82, 2.24) is 4.90 Å². The van der Waals surface area contributed by atoms with Gasteiger partial charge in [0.15, 0.2) is 0 Å². The zero-order valence-electron chi connectivity index (χ0n) is 11.6. The molecule has 0 bridgehead atoms. The Kier molecular flexibility index (Phi) is 5.75. The van der Waals surface area contributed by atoms with Gasteiger partial charge in [-0.2, -0.15) is 0 Å². The molecular formula is C15H20ClNO2S. The summed E-state index contributed by atoms with van der Waals surface area (Å²) in [5.41, 5.74) is 0. The first-order valence-corrected chi connectivity index (χ1v) is 8.26. The predicted molar refractivity (Wildman–Crippen MR) is 83.5 cm³/mol. The standard InChI is InChI=1S/C15H20ClNO2S/c1-11-9-17(10-12(11)15(18)19)7-4-8-20-14-6-3-2-5-13(14)16/h2-3,5-6,11-12H,4,7-10H2,1H3,(H,18,19)/t11-,12-/m1/s1. The molecule has 0 spiro atoms. The summed E-state index contributed by atoms with van der Waals surface area (Å²) in [5.74, 6) is 0.396. The van der Waals surface area contributed by atoms with Crippen LogP contribution in [0, 0.1) is 11.8 Å². The number of hydrogen-bond acceptors (Lipinski definition) is 3. The highest BCUT2D eigenvalue weighted by Gasteiger charge is 2.34. The van der Waals surface area contributed by atoms with E-state index in [-0.39, 0.29) is 11.8 Å². The molecule has 1 saturated heterocycles. The summed E-state index contributed by atoms with van der Waals surface area (Å²) >= 11 is 7.87. The minimum atomic E-state index is -0.662. The van der Waals surface area contributed by atoms with Gasteiger partial charge in [-0.15, -0.1) is 11.8 Å². The van der Waals surface area contributed by atoms with Gasteiger partial charge >= 0.3 is 5.97 Å². The molecule has 3 nitrogen and oxygen atoms in total. The lowest BCUT2D eigenvalue weighted by Gasteiger charge is -2.14. The van der Waals surface area contributed by atoms with Gasteiger partial charge in [-0.3, -0.25) is 4.79 Å². The Labute approximate surface area is 129 Å². The Balaban J connectivity index is 1.70. The SMILES string of the molecule is C[C@@H]1CN(CCCSc2ccccc2Cl)C[C@H]1C(=O)O. The summed E-state index contributed by atoms with van der Waals surface area (Å²) < 4.78 is 0. The monoisotopic (exact) mass is 313 g/mol. The van der Waals surface area contributed by atoms with Crippen LogP contribution in [0.25, 0.3) is 0 Å². The topological polar surface area (TPSA) is 40.5 Å². The van der Waals surface area contributed by atoms with Crippen molar-refractivity contribution in [3.63, 3.8) is 0 Å². The van der Waals surface area contributed by atoms with Crippen molar-refractivity contribution >= 4 is 29.3 Å². The summed E-state index contributed by atoms with van der Waals surface area (Å²) in [5, 5.41) is 9.91. The second kappa shape index (κ2) is 7.34. The molecule has 0 radical (unpaired) electrons. The van der Waals surface area contributed by atoms with Crippen LogP contribution >= 0.6 is 23.4 Å². The molecule has 1 heterocycles. The van der Waals surface area contributed by atoms with Gasteiger partial charge in [0.2, 0.25) is 0 Å². The smallest absolute Gasteiger partial charge is 0.308 e. The Hall–Kier alpha value is -0.710. The van der Waals surface area contributed by atoms with Crippen LogP contribution in [-0.4, -0.2) is 41.4 Å². The summed E-state index contributed by atoms with van der Waals surface area (Å²) in [7, 11) is 0. The van der Waals surface area contributed by atoms with Crippen LogP contribution in [0.15, 0.2) is 29.2 Å². The number of carbonyl (C=O) groups is 1. The number of nitrogens with zero attached hydrogens (tertiary/aromatic N) is 1. The molecule has 1 aliphatic rings. The zero-order chi connectivity index (χ0) is 14.5. The van der Waals surface area contributed by atoms with Gasteiger partial charge in [-0.1, -0.05) is 30.7 Å². The molecule has 0 aromatic heterocycles. The van der Waals surface area contributed by atoms with E-state index in [0.29, 0.717) is 6.54 Å². The number of benzene rings is 1. The van der Waals surface area contributed by atoms with E-state index in [0.717, 1.165) is 35.2 Å². The largest absolute Gasteiger partial charge is 0.481 e. The fraction of sp³-hybridized carbons (Fsp3) is 0.533. The van der Waals surface area contributed by atoms with Gasteiger partial charge in [0.25, 0.3) is 0 Å². The number of halogens is 1.